The van der Waals surface area contributed by atoms with Crippen molar-refractivity contribution in [2.75, 3.05) is 23.3 Å². The van der Waals surface area contributed by atoms with Gasteiger partial charge in [0, 0.05) is 24.5 Å². The first-order chi connectivity index (χ1) is 10.2. The van der Waals surface area contributed by atoms with Gasteiger partial charge in [0.2, 0.25) is 0 Å². The van der Waals surface area contributed by atoms with Gasteiger partial charge in [-0.1, -0.05) is 11.6 Å². The molecule has 0 unspecified atom stereocenters. The first kappa shape index (κ1) is 15.1. The van der Waals surface area contributed by atoms with E-state index in [1.54, 1.807) is 6.07 Å². The maximum absolute atomic E-state index is 8.93. The largest absolute Gasteiger partial charge is 0.372 e. The van der Waals surface area contributed by atoms with E-state index < -0.39 is 0 Å². The van der Waals surface area contributed by atoms with Crippen LogP contribution in [0.25, 0.3) is 0 Å². The molecule has 0 aliphatic carbocycles. The second kappa shape index (κ2) is 6.96. The summed E-state index contributed by atoms with van der Waals surface area (Å²) in [6.07, 6.45) is 0. The molecule has 0 amide bonds. The van der Waals surface area contributed by atoms with Gasteiger partial charge in [0.15, 0.2) is 0 Å². The van der Waals surface area contributed by atoms with Gasteiger partial charge in [-0.25, -0.2) is 4.98 Å². The van der Waals surface area contributed by atoms with Crippen LogP contribution in [0.4, 0.5) is 17.2 Å². The van der Waals surface area contributed by atoms with Crippen molar-refractivity contribution in [1.82, 2.24) is 4.98 Å². The zero-order chi connectivity index (χ0) is 15.2. The number of rotatable bonds is 5. The third-order valence-corrected chi connectivity index (χ3v) is 3.39. The molecule has 0 aliphatic heterocycles. The Kier molecular flexibility index (Phi) is 5.02. The summed E-state index contributed by atoms with van der Waals surface area (Å²) in [6.45, 7) is 6.22. The summed E-state index contributed by atoms with van der Waals surface area (Å²) in [5.74, 6) is 0.564. The monoisotopic (exact) mass is 300 g/mol. The van der Waals surface area contributed by atoms with Crippen molar-refractivity contribution in [2.24, 2.45) is 0 Å². The van der Waals surface area contributed by atoms with Crippen LogP contribution in [0.5, 0.6) is 0 Å². The Morgan fingerprint density at radius 3 is 2.43 bits per heavy atom. The van der Waals surface area contributed by atoms with Crippen LogP contribution in [0, 0.1) is 11.3 Å². The lowest BCUT2D eigenvalue weighted by atomic mass is 10.2. The summed E-state index contributed by atoms with van der Waals surface area (Å²) in [5, 5.41) is 12.4. The number of hydrogen-bond donors (Lipinski definition) is 1. The molecular formula is C16H17ClN4. The Morgan fingerprint density at radius 1 is 1.19 bits per heavy atom. The standard InChI is InChI=1S/C16H17ClN4/c1-3-21(4-2)14-7-5-13(6-8-14)19-16-10-12(11-18)9-15(17)20-16/h5-10H,3-4H2,1-2H3,(H,19,20). The number of benzene rings is 1. The highest BCUT2D eigenvalue weighted by atomic mass is 35.5. The van der Waals surface area contributed by atoms with E-state index in [0.29, 0.717) is 16.5 Å². The molecule has 0 saturated carbocycles. The third kappa shape index (κ3) is 3.87. The lowest BCUT2D eigenvalue weighted by molar-refractivity contribution is 0.866. The molecule has 1 N–H and O–H groups in total. The van der Waals surface area contributed by atoms with Gasteiger partial charge in [-0.3, -0.25) is 0 Å². The van der Waals surface area contributed by atoms with E-state index in [2.05, 4.69) is 47.3 Å². The molecule has 2 rings (SSSR count). The fourth-order valence-corrected chi connectivity index (χ4v) is 2.33. The van der Waals surface area contributed by atoms with Crippen molar-refractivity contribution in [2.45, 2.75) is 13.8 Å². The minimum absolute atomic E-state index is 0.302. The van der Waals surface area contributed by atoms with Gasteiger partial charge in [-0.2, -0.15) is 5.26 Å². The van der Waals surface area contributed by atoms with E-state index in [4.69, 9.17) is 16.9 Å². The highest BCUT2D eigenvalue weighted by Crippen LogP contribution is 2.22. The van der Waals surface area contributed by atoms with Crippen molar-refractivity contribution >= 4 is 28.8 Å². The zero-order valence-corrected chi connectivity index (χ0v) is 12.9. The molecule has 0 bridgehead atoms. The van der Waals surface area contributed by atoms with Crippen molar-refractivity contribution in [3.63, 3.8) is 0 Å². The van der Waals surface area contributed by atoms with Crippen molar-refractivity contribution in [3.8, 4) is 6.07 Å². The first-order valence-electron chi connectivity index (χ1n) is 6.86. The molecule has 0 fully saturated rings. The number of aromatic nitrogens is 1. The van der Waals surface area contributed by atoms with Crippen LogP contribution in [-0.2, 0) is 0 Å². The molecule has 0 radical (unpaired) electrons. The second-order valence-corrected chi connectivity index (χ2v) is 4.91. The van der Waals surface area contributed by atoms with Crippen LogP contribution in [0.15, 0.2) is 36.4 Å². The van der Waals surface area contributed by atoms with Gasteiger partial charge in [0.25, 0.3) is 0 Å². The molecule has 0 atom stereocenters. The van der Waals surface area contributed by atoms with E-state index in [1.165, 1.54) is 11.8 Å². The number of nitrogens with zero attached hydrogens (tertiary/aromatic N) is 3. The third-order valence-electron chi connectivity index (χ3n) is 3.19. The summed E-state index contributed by atoms with van der Waals surface area (Å²) < 4.78 is 0. The first-order valence-corrected chi connectivity index (χ1v) is 7.23. The summed E-state index contributed by atoms with van der Waals surface area (Å²) in [5.41, 5.74) is 2.57. The van der Waals surface area contributed by atoms with Crippen molar-refractivity contribution in [3.05, 3.63) is 47.1 Å². The SMILES string of the molecule is CCN(CC)c1ccc(Nc2cc(C#N)cc(Cl)n2)cc1. The molecule has 0 spiro atoms. The number of nitriles is 1. The molecule has 21 heavy (non-hydrogen) atoms. The molecule has 4 nitrogen and oxygen atoms in total. The predicted molar refractivity (Wildman–Crippen MR) is 87.2 cm³/mol. The van der Waals surface area contributed by atoms with Gasteiger partial charge in [0.1, 0.15) is 11.0 Å². The Hall–Kier alpha value is -2.25. The number of anilines is 3. The Bertz CT molecular complexity index is 642. The molecule has 1 heterocycles. The Morgan fingerprint density at radius 2 is 1.86 bits per heavy atom. The lowest BCUT2D eigenvalue weighted by Crippen LogP contribution is -2.21. The smallest absolute Gasteiger partial charge is 0.133 e. The highest BCUT2D eigenvalue weighted by Gasteiger charge is 2.04. The fourth-order valence-electron chi connectivity index (χ4n) is 2.12. The quantitative estimate of drug-likeness (QED) is 0.841. The summed E-state index contributed by atoms with van der Waals surface area (Å²) in [7, 11) is 0. The van der Waals surface area contributed by atoms with Crippen LogP contribution in [0.3, 0.4) is 0 Å². The van der Waals surface area contributed by atoms with Crippen LogP contribution < -0.4 is 10.2 Å². The second-order valence-electron chi connectivity index (χ2n) is 4.52. The molecule has 5 heteroatoms. The van der Waals surface area contributed by atoms with Gasteiger partial charge in [0.05, 0.1) is 11.6 Å². The van der Waals surface area contributed by atoms with Crippen LogP contribution in [-0.4, -0.2) is 18.1 Å². The molecule has 1 aromatic heterocycles. The van der Waals surface area contributed by atoms with Gasteiger partial charge >= 0.3 is 0 Å². The molecule has 108 valence electrons. The summed E-state index contributed by atoms with van der Waals surface area (Å²) >= 11 is 5.89. The lowest BCUT2D eigenvalue weighted by Gasteiger charge is -2.21. The minimum atomic E-state index is 0.302. The number of hydrogen-bond acceptors (Lipinski definition) is 4. The highest BCUT2D eigenvalue weighted by molar-refractivity contribution is 6.29. The Balaban J connectivity index is 2.17. The van der Waals surface area contributed by atoms with Crippen LogP contribution in [0.2, 0.25) is 5.15 Å². The summed E-state index contributed by atoms with van der Waals surface area (Å²) in [6, 6.07) is 13.4. The average Bonchev–Trinajstić information content (AvgIpc) is 2.49. The van der Waals surface area contributed by atoms with Gasteiger partial charge < -0.3 is 10.2 Å². The van der Waals surface area contributed by atoms with Crippen molar-refractivity contribution in [1.29, 1.82) is 5.26 Å². The van der Waals surface area contributed by atoms with Gasteiger partial charge in [-0.15, -0.1) is 0 Å². The normalized spacial score (nSPS) is 10.0. The number of pyridine rings is 1. The molecule has 0 aliphatic rings. The zero-order valence-electron chi connectivity index (χ0n) is 12.1. The average molecular weight is 301 g/mol. The maximum Gasteiger partial charge on any atom is 0.133 e. The predicted octanol–water partition coefficient (Wildman–Crippen LogP) is 4.20. The van der Waals surface area contributed by atoms with Crippen LogP contribution >= 0.6 is 11.6 Å². The van der Waals surface area contributed by atoms with E-state index in [0.717, 1.165) is 18.8 Å². The molecular weight excluding hydrogens is 284 g/mol. The number of halogens is 1. The maximum atomic E-state index is 8.93. The molecule has 0 saturated heterocycles. The fraction of sp³-hybridized carbons (Fsp3) is 0.250. The summed E-state index contributed by atoms with van der Waals surface area (Å²) in [4.78, 5) is 6.43. The minimum Gasteiger partial charge on any atom is -0.372 e. The topological polar surface area (TPSA) is 52.0 Å². The molecule has 2 aromatic rings. The van der Waals surface area contributed by atoms with Crippen LogP contribution in [0.1, 0.15) is 19.4 Å². The van der Waals surface area contributed by atoms with E-state index in [1.807, 2.05) is 12.1 Å². The number of nitrogens with one attached hydrogen (secondary N) is 1. The van der Waals surface area contributed by atoms with E-state index >= 15 is 0 Å². The Labute approximate surface area is 130 Å². The van der Waals surface area contributed by atoms with E-state index in [9.17, 15) is 0 Å². The van der Waals surface area contributed by atoms with Crippen molar-refractivity contribution < 1.29 is 0 Å². The van der Waals surface area contributed by atoms with Gasteiger partial charge in [-0.05, 0) is 50.2 Å². The molecule has 1 aromatic carbocycles. The van der Waals surface area contributed by atoms with E-state index in [-0.39, 0.29) is 0 Å².